The lowest BCUT2D eigenvalue weighted by atomic mass is 10.0. The standard InChI is InChI=1S/C19H13ClN2O4S/c1-26-14-8-2-11(3-9-14)16(23)10-15-17(24)21-19(27)22(18(15)25)13-6-4-12(20)5-7-13/h2-10H,1H3,(H,21,24,27). The summed E-state index contributed by atoms with van der Waals surface area (Å²) in [6.07, 6.45) is 1.00. The summed E-state index contributed by atoms with van der Waals surface area (Å²) in [6.45, 7) is 0. The van der Waals surface area contributed by atoms with Gasteiger partial charge in [0.05, 0.1) is 12.8 Å². The van der Waals surface area contributed by atoms with Crippen molar-refractivity contribution in [3.63, 3.8) is 0 Å². The molecular formula is C19H13ClN2O4S. The van der Waals surface area contributed by atoms with Gasteiger partial charge in [-0.25, -0.2) is 0 Å². The molecule has 1 aliphatic heterocycles. The number of carbonyl (C=O) groups excluding carboxylic acids is 3. The molecule has 1 saturated heterocycles. The molecule has 0 spiro atoms. The zero-order chi connectivity index (χ0) is 19.6. The molecule has 6 nitrogen and oxygen atoms in total. The number of methoxy groups -OCH3 is 1. The summed E-state index contributed by atoms with van der Waals surface area (Å²) in [7, 11) is 1.51. The van der Waals surface area contributed by atoms with Crippen LogP contribution in [0.4, 0.5) is 5.69 Å². The number of nitrogens with zero attached hydrogens (tertiary/aromatic N) is 1. The van der Waals surface area contributed by atoms with Crippen molar-refractivity contribution >= 4 is 52.2 Å². The summed E-state index contributed by atoms with van der Waals surface area (Å²) in [5.74, 6) is -1.31. The van der Waals surface area contributed by atoms with Crippen molar-refractivity contribution in [3.05, 3.63) is 70.8 Å². The van der Waals surface area contributed by atoms with Crippen LogP contribution in [0.15, 0.2) is 60.2 Å². The molecule has 3 rings (SSSR count). The van der Waals surface area contributed by atoms with Gasteiger partial charge in [0, 0.05) is 16.7 Å². The molecule has 136 valence electrons. The average Bonchev–Trinajstić information content (AvgIpc) is 2.66. The highest BCUT2D eigenvalue weighted by Gasteiger charge is 2.35. The third-order valence-electron chi connectivity index (χ3n) is 3.84. The lowest BCUT2D eigenvalue weighted by Gasteiger charge is -2.28. The molecule has 27 heavy (non-hydrogen) atoms. The van der Waals surface area contributed by atoms with Gasteiger partial charge >= 0.3 is 0 Å². The topological polar surface area (TPSA) is 75.7 Å². The van der Waals surface area contributed by atoms with E-state index < -0.39 is 17.6 Å². The van der Waals surface area contributed by atoms with Crippen LogP contribution < -0.4 is 15.0 Å². The van der Waals surface area contributed by atoms with Gasteiger partial charge in [-0.1, -0.05) is 11.6 Å². The summed E-state index contributed by atoms with van der Waals surface area (Å²) in [4.78, 5) is 38.6. The number of amides is 2. The van der Waals surface area contributed by atoms with E-state index in [1.54, 1.807) is 48.5 Å². The molecule has 2 amide bonds. The van der Waals surface area contributed by atoms with E-state index in [-0.39, 0.29) is 10.7 Å². The van der Waals surface area contributed by atoms with Crippen molar-refractivity contribution in [1.82, 2.24) is 5.32 Å². The van der Waals surface area contributed by atoms with E-state index >= 15 is 0 Å². The molecule has 0 radical (unpaired) electrons. The molecule has 8 heteroatoms. The van der Waals surface area contributed by atoms with Crippen LogP contribution in [0.2, 0.25) is 5.02 Å². The minimum atomic E-state index is -0.725. The fourth-order valence-corrected chi connectivity index (χ4v) is 2.86. The summed E-state index contributed by atoms with van der Waals surface area (Å²) in [5.41, 5.74) is 0.437. The Kier molecular flexibility index (Phi) is 5.34. The second kappa shape index (κ2) is 7.69. The van der Waals surface area contributed by atoms with Gasteiger partial charge in [-0.3, -0.25) is 24.6 Å². The molecule has 0 aliphatic carbocycles. The van der Waals surface area contributed by atoms with Gasteiger partial charge in [-0.05, 0) is 60.7 Å². The van der Waals surface area contributed by atoms with Crippen LogP contribution >= 0.6 is 23.8 Å². The van der Waals surface area contributed by atoms with Gasteiger partial charge in [-0.2, -0.15) is 0 Å². The maximum absolute atomic E-state index is 12.8. The van der Waals surface area contributed by atoms with Crippen molar-refractivity contribution < 1.29 is 19.1 Å². The Morgan fingerprint density at radius 1 is 1.11 bits per heavy atom. The van der Waals surface area contributed by atoms with E-state index in [0.29, 0.717) is 22.0 Å². The van der Waals surface area contributed by atoms with Crippen LogP contribution in [-0.2, 0) is 9.59 Å². The highest BCUT2D eigenvalue weighted by Crippen LogP contribution is 2.23. The van der Waals surface area contributed by atoms with Crippen LogP contribution in [0.3, 0.4) is 0 Å². The van der Waals surface area contributed by atoms with Gasteiger partial charge in [-0.15, -0.1) is 0 Å². The van der Waals surface area contributed by atoms with Crippen LogP contribution in [0.1, 0.15) is 10.4 Å². The van der Waals surface area contributed by atoms with Gasteiger partial charge < -0.3 is 4.74 Å². The van der Waals surface area contributed by atoms with Gasteiger partial charge in [0.25, 0.3) is 11.8 Å². The minimum Gasteiger partial charge on any atom is -0.497 e. The molecular weight excluding hydrogens is 388 g/mol. The van der Waals surface area contributed by atoms with E-state index in [2.05, 4.69) is 5.32 Å². The normalized spacial score (nSPS) is 15.7. The number of allylic oxidation sites excluding steroid dienone is 1. The number of hydrogen-bond donors (Lipinski definition) is 1. The van der Waals surface area contributed by atoms with Crippen LogP contribution in [0, 0.1) is 0 Å². The number of rotatable bonds is 4. The Morgan fingerprint density at radius 2 is 1.74 bits per heavy atom. The van der Waals surface area contributed by atoms with Gasteiger partial charge in [0.15, 0.2) is 10.9 Å². The maximum atomic E-state index is 12.8. The second-order valence-electron chi connectivity index (χ2n) is 5.53. The molecule has 0 bridgehead atoms. The Bertz CT molecular complexity index is 968. The van der Waals surface area contributed by atoms with Crippen molar-refractivity contribution in [1.29, 1.82) is 0 Å². The molecule has 0 aromatic heterocycles. The number of ether oxygens (including phenoxy) is 1. The maximum Gasteiger partial charge on any atom is 0.270 e. The zero-order valence-corrected chi connectivity index (χ0v) is 15.6. The highest BCUT2D eigenvalue weighted by atomic mass is 35.5. The molecule has 0 atom stereocenters. The van der Waals surface area contributed by atoms with Crippen LogP contribution in [-0.4, -0.2) is 29.8 Å². The molecule has 1 fully saturated rings. The number of ketones is 1. The van der Waals surface area contributed by atoms with E-state index in [1.807, 2.05) is 0 Å². The number of thiocarbonyl (C=S) groups is 1. The predicted molar refractivity (Wildman–Crippen MR) is 105 cm³/mol. The minimum absolute atomic E-state index is 0.0682. The van der Waals surface area contributed by atoms with Gasteiger partial charge in [0.1, 0.15) is 11.3 Å². The molecule has 1 aliphatic rings. The molecule has 2 aromatic rings. The Hall–Kier alpha value is -3.03. The monoisotopic (exact) mass is 400 g/mol. The first-order valence-corrected chi connectivity index (χ1v) is 8.54. The number of carbonyl (C=O) groups is 3. The van der Waals surface area contributed by atoms with E-state index in [4.69, 9.17) is 28.6 Å². The number of nitrogens with one attached hydrogen (secondary N) is 1. The third kappa shape index (κ3) is 3.89. The van der Waals surface area contributed by atoms with Crippen molar-refractivity contribution in [2.45, 2.75) is 0 Å². The summed E-state index contributed by atoms with van der Waals surface area (Å²) in [6, 6.07) is 12.7. The van der Waals surface area contributed by atoms with E-state index in [1.165, 1.54) is 7.11 Å². The van der Waals surface area contributed by atoms with Gasteiger partial charge in [0.2, 0.25) is 0 Å². The Labute approximate surface area is 165 Å². The number of anilines is 1. The highest BCUT2D eigenvalue weighted by molar-refractivity contribution is 7.80. The van der Waals surface area contributed by atoms with Crippen molar-refractivity contribution in [3.8, 4) is 5.75 Å². The van der Waals surface area contributed by atoms with E-state index in [9.17, 15) is 14.4 Å². The fourth-order valence-electron chi connectivity index (χ4n) is 2.45. The van der Waals surface area contributed by atoms with Crippen LogP contribution in [0.25, 0.3) is 0 Å². The number of halogens is 1. The Balaban J connectivity index is 1.93. The van der Waals surface area contributed by atoms with Crippen molar-refractivity contribution in [2.75, 3.05) is 12.0 Å². The molecule has 1 N–H and O–H groups in total. The zero-order valence-electron chi connectivity index (χ0n) is 14.1. The quantitative estimate of drug-likeness (QED) is 0.369. The SMILES string of the molecule is COc1ccc(C(=O)C=C2C(=O)NC(=S)N(c3ccc(Cl)cc3)C2=O)cc1. The summed E-state index contributed by atoms with van der Waals surface area (Å²) >= 11 is 11.0. The average molecular weight is 401 g/mol. The molecule has 0 unspecified atom stereocenters. The molecule has 1 heterocycles. The van der Waals surface area contributed by atoms with Crippen LogP contribution in [0.5, 0.6) is 5.75 Å². The Morgan fingerprint density at radius 3 is 2.33 bits per heavy atom. The first-order chi connectivity index (χ1) is 12.9. The second-order valence-corrected chi connectivity index (χ2v) is 6.35. The summed E-state index contributed by atoms with van der Waals surface area (Å²) < 4.78 is 5.04. The first-order valence-electron chi connectivity index (χ1n) is 7.76. The first kappa shape index (κ1) is 18.8. The molecule has 0 saturated carbocycles. The lowest BCUT2D eigenvalue weighted by molar-refractivity contribution is -0.122. The largest absolute Gasteiger partial charge is 0.497 e. The van der Waals surface area contributed by atoms with Crippen molar-refractivity contribution in [2.24, 2.45) is 0 Å². The summed E-state index contributed by atoms with van der Waals surface area (Å²) in [5, 5.41) is 2.84. The number of benzene rings is 2. The number of hydrogen-bond acceptors (Lipinski definition) is 5. The predicted octanol–water partition coefficient (Wildman–Crippen LogP) is 2.91. The molecule has 2 aromatic carbocycles. The smallest absolute Gasteiger partial charge is 0.270 e. The van der Waals surface area contributed by atoms with E-state index in [0.717, 1.165) is 11.0 Å². The third-order valence-corrected chi connectivity index (χ3v) is 4.37. The fraction of sp³-hybridized carbons (Fsp3) is 0.0526. The lowest BCUT2D eigenvalue weighted by Crippen LogP contribution is -2.54.